The van der Waals surface area contributed by atoms with E-state index in [1.54, 1.807) is 6.07 Å². The third-order valence-electron chi connectivity index (χ3n) is 6.22. The van der Waals surface area contributed by atoms with Crippen LogP contribution in [0.25, 0.3) is 11.1 Å². The molecule has 0 aliphatic heterocycles. The Morgan fingerprint density at radius 3 is 1.70 bits per heavy atom. The molecule has 0 fully saturated rings. The molecule has 4 aromatic rings. The number of carboxylic acid groups (broad SMARTS) is 1. The van der Waals surface area contributed by atoms with Crippen LogP contribution in [0.3, 0.4) is 0 Å². The molecule has 0 aliphatic rings. The maximum atomic E-state index is 12.1. The molecule has 0 bridgehead atoms. The molecule has 0 aliphatic carbocycles. The summed E-state index contributed by atoms with van der Waals surface area (Å²) >= 11 is 0. The van der Waals surface area contributed by atoms with Crippen molar-refractivity contribution in [3.8, 4) is 16.9 Å². The number of aromatic hydroxyl groups is 1. The highest BCUT2D eigenvalue weighted by Crippen LogP contribution is 2.40. The fourth-order valence-electron chi connectivity index (χ4n) is 4.29. The molecule has 3 nitrogen and oxygen atoms in total. The third kappa shape index (κ3) is 4.68. The van der Waals surface area contributed by atoms with Crippen LogP contribution >= 0.6 is 0 Å². The molecule has 0 amide bonds. The van der Waals surface area contributed by atoms with Crippen molar-refractivity contribution < 1.29 is 15.0 Å². The number of aromatic carboxylic acids is 1. The van der Waals surface area contributed by atoms with Gasteiger partial charge in [0, 0.05) is 11.5 Å². The molecule has 0 atom stereocenters. The number of rotatable bonds is 7. The van der Waals surface area contributed by atoms with E-state index < -0.39 is 5.97 Å². The zero-order valence-corrected chi connectivity index (χ0v) is 19.0. The highest BCUT2D eigenvalue weighted by molar-refractivity contribution is 5.94. The first-order valence-corrected chi connectivity index (χ1v) is 11.3. The van der Waals surface area contributed by atoms with E-state index in [9.17, 15) is 15.0 Å². The van der Waals surface area contributed by atoms with Crippen molar-refractivity contribution in [1.29, 1.82) is 0 Å². The fraction of sp³-hybridized carbons (Fsp3) is 0.167. The lowest BCUT2D eigenvalue weighted by molar-refractivity contribution is 0.0693. The molecule has 0 spiro atoms. The number of carboxylic acids is 1. The molecule has 0 saturated carbocycles. The first kappa shape index (κ1) is 22.3. The van der Waals surface area contributed by atoms with Crippen LogP contribution in [0, 0.1) is 0 Å². The molecular weight excluding hydrogens is 408 g/mol. The van der Waals surface area contributed by atoms with Gasteiger partial charge in [-0.1, -0.05) is 92.7 Å². The van der Waals surface area contributed by atoms with Crippen LogP contribution in [0.4, 0.5) is 0 Å². The molecule has 0 aromatic heterocycles. The monoisotopic (exact) mass is 436 g/mol. The Morgan fingerprint density at radius 2 is 1.24 bits per heavy atom. The Morgan fingerprint density at radius 1 is 0.727 bits per heavy atom. The highest BCUT2D eigenvalue weighted by Gasteiger charge is 2.23. The molecule has 166 valence electrons. The molecule has 0 saturated heterocycles. The predicted octanol–water partition coefficient (Wildman–Crippen LogP) is 7.06. The Bertz CT molecular complexity index is 1190. The Hall–Kier alpha value is -3.85. The molecule has 0 heterocycles. The zero-order valence-electron chi connectivity index (χ0n) is 19.0. The number of benzene rings is 4. The summed E-state index contributed by atoms with van der Waals surface area (Å²) in [5, 5.41) is 20.7. The van der Waals surface area contributed by atoms with Gasteiger partial charge in [0.25, 0.3) is 0 Å². The summed E-state index contributed by atoms with van der Waals surface area (Å²) in [7, 11) is 0. The van der Waals surface area contributed by atoms with Crippen LogP contribution in [0.2, 0.25) is 0 Å². The van der Waals surface area contributed by atoms with E-state index in [4.69, 9.17) is 0 Å². The first-order chi connectivity index (χ1) is 16.0. The van der Waals surface area contributed by atoms with Crippen molar-refractivity contribution >= 4 is 5.97 Å². The van der Waals surface area contributed by atoms with Gasteiger partial charge in [-0.2, -0.15) is 0 Å². The summed E-state index contributed by atoms with van der Waals surface area (Å²) < 4.78 is 0. The molecule has 33 heavy (non-hydrogen) atoms. The van der Waals surface area contributed by atoms with E-state index >= 15 is 0 Å². The minimum Gasteiger partial charge on any atom is -0.506 e. The van der Waals surface area contributed by atoms with Crippen molar-refractivity contribution in [3.63, 3.8) is 0 Å². The number of hydrogen-bond acceptors (Lipinski definition) is 2. The second kappa shape index (κ2) is 9.74. The average molecular weight is 437 g/mol. The van der Waals surface area contributed by atoms with Gasteiger partial charge in [0.15, 0.2) is 0 Å². The largest absolute Gasteiger partial charge is 0.506 e. The van der Waals surface area contributed by atoms with Crippen molar-refractivity contribution in [2.75, 3.05) is 0 Å². The van der Waals surface area contributed by atoms with Crippen LogP contribution in [-0.4, -0.2) is 16.2 Å². The van der Waals surface area contributed by atoms with Gasteiger partial charge in [-0.15, -0.1) is 0 Å². The van der Waals surface area contributed by atoms with Crippen molar-refractivity contribution in [1.82, 2.24) is 0 Å². The summed E-state index contributed by atoms with van der Waals surface area (Å²) in [4.78, 5) is 12.1. The maximum Gasteiger partial charge on any atom is 0.339 e. The maximum absolute atomic E-state index is 12.1. The number of phenols is 1. The van der Waals surface area contributed by atoms with Crippen LogP contribution < -0.4 is 0 Å². The lowest BCUT2D eigenvalue weighted by Crippen LogP contribution is -2.07. The molecule has 4 rings (SSSR count). The molecule has 0 radical (unpaired) electrons. The minimum atomic E-state index is -1.15. The van der Waals surface area contributed by atoms with E-state index in [1.165, 1.54) is 11.1 Å². The van der Waals surface area contributed by atoms with Crippen LogP contribution in [0.5, 0.6) is 5.75 Å². The summed E-state index contributed by atoms with van der Waals surface area (Å²) in [6.07, 6.45) is 1.91. The second-order valence-electron chi connectivity index (χ2n) is 8.26. The molecule has 0 unspecified atom stereocenters. The number of aryl methyl sites for hydroxylation is 2. The number of hydrogen-bond donors (Lipinski definition) is 2. The van der Waals surface area contributed by atoms with Gasteiger partial charge >= 0.3 is 5.97 Å². The predicted molar refractivity (Wildman–Crippen MR) is 133 cm³/mol. The topological polar surface area (TPSA) is 57.5 Å². The summed E-state index contributed by atoms with van der Waals surface area (Å²) in [6.45, 7) is 4.25. The standard InChI is InChI=1S/C30H28O3/c1-3-20-10-14-23(15-11-20)28(24-16-12-21(4-2)13-17-24)25-18-26(22-8-6-5-7-9-22)29(31)27(19-25)30(32)33/h5-19,28,31H,3-4H2,1-2H3,(H,32,33). The van der Waals surface area contributed by atoms with E-state index in [0.717, 1.165) is 35.1 Å². The summed E-state index contributed by atoms with van der Waals surface area (Å²) in [5.74, 6) is -1.52. The summed E-state index contributed by atoms with van der Waals surface area (Å²) in [6, 6.07) is 29.9. The molecule has 3 heteroatoms. The van der Waals surface area contributed by atoms with Crippen molar-refractivity contribution in [2.24, 2.45) is 0 Å². The highest BCUT2D eigenvalue weighted by atomic mass is 16.4. The lowest BCUT2D eigenvalue weighted by Gasteiger charge is -2.22. The van der Waals surface area contributed by atoms with Gasteiger partial charge in [-0.25, -0.2) is 4.79 Å². The second-order valence-corrected chi connectivity index (χ2v) is 8.26. The minimum absolute atomic E-state index is 0.0910. The van der Waals surface area contributed by atoms with Gasteiger partial charge in [0.1, 0.15) is 11.3 Å². The SMILES string of the molecule is CCc1ccc(C(c2ccc(CC)cc2)c2cc(C(=O)O)c(O)c(-c3ccccc3)c2)cc1. The number of carbonyl (C=O) groups is 1. The lowest BCUT2D eigenvalue weighted by atomic mass is 9.82. The van der Waals surface area contributed by atoms with E-state index in [1.807, 2.05) is 36.4 Å². The summed E-state index contributed by atoms with van der Waals surface area (Å²) in [5.41, 5.74) is 6.70. The van der Waals surface area contributed by atoms with Crippen LogP contribution in [0.1, 0.15) is 57.9 Å². The molecule has 2 N–H and O–H groups in total. The smallest absolute Gasteiger partial charge is 0.339 e. The average Bonchev–Trinajstić information content (AvgIpc) is 2.86. The normalized spacial score (nSPS) is 11.0. The fourth-order valence-corrected chi connectivity index (χ4v) is 4.29. The Labute approximate surface area is 195 Å². The van der Waals surface area contributed by atoms with Crippen LogP contribution in [0.15, 0.2) is 91.0 Å². The van der Waals surface area contributed by atoms with Crippen LogP contribution in [-0.2, 0) is 12.8 Å². The van der Waals surface area contributed by atoms with Gasteiger partial charge < -0.3 is 10.2 Å². The van der Waals surface area contributed by atoms with E-state index in [0.29, 0.717) is 5.56 Å². The van der Waals surface area contributed by atoms with Crippen molar-refractivity contribution in [2.45, 2.75) is 32.6 Å². The third-order valence-corrected chi connectivity index (χ3v) is 6.22. The Balaban J connectivity index is 1.95. The quantitative estimate of drug-likeness (QED) is 0.305. The zero-order chi connectivity index (χ0) is 23.4. The van der Waals surface area contributed by atoms with Gasteiger partial charge in [0.05, 0.1) is 0 Å². The van der Waals surface area contributed by atoms with E-state index in [2.05, 4.69) is 62.4 Å². The van der Waals surface area contributed by atoms with Crippen molar-refractivity contribution in [3.05, 3.63) is 124 Å². The molecule has 4 aromatic carbocycles. The first-order valence-electron chi connectivity index (χ1n) is 11.3. The van der Waals surface area contributed by atoms with Gasteiger partial charge in [0.2, 0.25) is 0 Å². The van der Waals surface area contributed by atoms with Gasteiger partial charge in [-0.05, 0) is 58.4 Å². The molecular formula is C30H28O3. The van der Waals surface area contributed by atoms with E-state index in [-0.39, 0.29) is 17.2 Å². The van der Waals surface area contributed by atoms with Gasteiger partial charge in [-0.3, -0.25) is 0 Å². The Kier molecular flexibility index (Phi) is 6.60.